The Balaban J connectivity index is 2.34. The molecular formula is C12H9BrClFO2. The third-order valence-corrected chi connectivity index (χ3v) is 3.47. The topological polar surface area (TPSA) is 22.4 Å². The Morgan fingerprint density at radius 1 is 1.35 bits per heavy atom. The van der Waals surface area contributed by atoms with E-state index in [2.05, 4.69) is 15.9 Å². The molecule has 5 heteroatoms. The van der Waals surface area contributed by atoms with E-state index < -0.39 is 0 Å². The molecule has 1 aromatic carbocycles. The van der Waals surface area contributed by atoms with Gasteiger partial charge in [0.15, 0.2) is 5.22 Å². The van der Waals surface area contributed by atoms with Crippen LogP contribution in [0.3, 0.4) is 0 Å². The molecule has 17 heavy (non-hydrogen) atoms. The average Bonchev–Trinajstić information content (AvgIpc) is 2.75. The van der Waals surface area contributed by atoms with Gasteiger partial charge in [0.25, 0.3) is 0 Å². The first kappa shape index (κ1) is 12.5. The van der Waals surface area contributed by atoms with Crippen LogP contribution in [0.2, 0.25) is 5.22 Å². The molecular weight excluding hydrogens is 310 g/mol. The second-order valence-electron chi connectivity index (χ2n) is 3.39. The van der Waals surface area contributed by atoms with Crippen molar-refractivity contribution in [2.45, 2.75) is 4.83 Å². The normalized spacial score (nSPS) is 12.5. The number of benzene rings is 1. The van der Waals surface area contributed by atoms with Gasteiger partial charge < -0.3 is 9.15 Å². The molecule has 2 nitrogen and oxygen atoms in total. The van der Waals surface area contributed by atoms with E-state index in [1.807, 2.05) is 0 Å². The molecule has 2 aromatic rings. The minimum atomic E-state index is -0.374. The van der Waals surface area contributed by atoms with Crippen molar-refractivity contribution in [3.05, 3.63) is 52.7 Å². The van der Waals surface area contributed by atoms with Crippen LogP contribution < -0.4 is 4.74 Å². The van der Waals surface area contributed by atoms with Crippen LogP contribution in [0.15, 0.2) is 34.7 Å². The highest BCUT2D eigenvalue weighted by Gasteiger charge is 2.18. The molecule has 90 valence electrons. The first-order valence-electron chi connectivity index (χ1n) is 4.84. The Kier molecular flexibility index (Phi) is 3.74. The fourth-order valence-electron chi connectivity index (χ4n) is 1.46. The molecule has 1 heterocycles. The maximum atomic E-state index is 13.8. The SMILES string of the molecule is COc1ccc(C(Br)c2ccc(Cl)o2)c(F)c1. The lowest BCUT2D eigenvalue weighted by Crippen LogP contribution is -1.96. The number of alkyl halides is 1. The standard InChI is InChI=1S/C12H9BrClFO2/c1-16-7-2-3-8(9(15)6-7)12(13)10-4-5-11(14)17-10/h2-6,12H,1H3. The van der Waals surface area contributed by atoms with Crippen molar-refractivity contribution in [3.63, 3.8) is 0 Å². The van der Waals surface area contributed by atoms with Gasteiger partial charge in [-0.2, -0.15) is 0 Å². The third kappa shape index (κ3) is 2.64. The monoisotopic (exact) mass is 318 g/mol. The zero-order chi connectivity index (χ0) is 12.4. The van der Waals surface area contributed by atoms with Gasteiger partial charge in [0.2, 0.25) is 0 Å². The Bertz CT molecular complexity index is 527. The number of ether oxygens (including phenoxy) is 1. The summed E-state index contributed by atoms with van der Waals surface area (Å²) in [4.78, 5) is -0.374. The van der Waals surface area contributed by atoms with Crippen molar-refractivity contribution >= 4 is 27.5 Å². The highest BCUT2D eigenvalue weighted by Crippen LogP contribution is 2.35. The minimum absolute atomic E-state index is 0.276. The predicted molar refractivity (Wildman–Crippen MR) is 67.4 cm³/mol. The molecule has 0 amide bonds. The summed E-state index contributed by atoms with van der Waals surface area (Å²) in [6, 6.07) is 7.98. The summed E-state index contributed by atoms with van der Waals surface area (Å²) in [6.07, 6.45) is 0. The second-order valence-corrected chi connectivity index (χ2v) is 4.68. The number of furan rings is 1. The minimum Gasteiger partial charge on any atom is -0.497 e. The Hall–Kier alpha value is -1.00. The van der Waals surface area contributed by atoms with E-state index in [1.54, 1.807) is 24.3 Å². The molecule has 2 rings (SSSR count). The van der Waals surface area contributed by atoms with Gasteiger partial charge in [-0.25, -0.2) is 4.39 Å². The molecule has 0 bridgehead atoms. The fourth-order valence-corrected chi connectivity index (χ4v) is 2.23. The number of hydrogen-bond donors (Lipinski definition) is 0. The summed E-state index contributed by atoms with van der Waals surface area (Å²) in [7, 11) is 1.49. The molecule has 0 fully saturated rings. The molecule has 0 N–H and O–H groups in total. The summed E-state index contributed by atoms with van der Waals surface area (Å²) in [5.74, 6) is 0.668. The Labute approximate surface area is 111 Å². The number of halogens is 3. The molecule has 0 aliphatic heterocycles. The summed E-state index contributed by atoms with van der Waals surface area (Å²) in [5.41, 5.74) is 0.469. The molecule has 0 radical (unpaired) electrons. The van der Waals surface area contributed by atoms with Gasteiger partial charge >= 0.3 is 0 Å². The van der Waals surface area contributed by atoms with E-state index in [4.69, 9.17) is 20.8 Å². The molecule has 0 aliphatic rings. The molecule has 0 saturated carbocycles. The number of hydrogen-bond acceptors (Lipinski definition) is 2. The average molecular weight is 320 g/mol. The summed E-state index contributed by atoms with van der Waals surface area (Å²) < 4.78 is 24.0. The number of rotatable bonds is 3. The van der Waals surface area contributed by atoms with E-state index in [9.17, 15) is 4.39 Å². The molecule has 1 atom stereocenters. The van der Waals surface area contributed by atoms with Gasteiger partial charge in [-0.15, -0.1) is 0 Å². The van der Waals surface area contributed by atoms with Crippen LogP contribution in [0, 0.1) is 5.82 Å². The first-order chi connectivity index (χ1) is 8.11. The molecule has 0 aliphatic carbocycles. The van der Waals surface area contributed by atoms with Crippen molar-refractivity contribution in [3.8, 4) is 5.75 Å². The van der Waals surface area contributed by atoms with E-state index in [0.29, 0.717) is 17.1 Å². The summed E-state index contributed by atoms with van der Waals surface area (Å²) in [5, 5.41) is 0.276. The Morgan fingerprint density at radius 2 is 2.12 bits per heavy atom. The lowest BCUT2D eigenvalue weighted by atomic mass is 10.1. The summed E-state index contributed by atoms with van der Waals surface area (Å²) in [6.45, 7) is 0. The van der Waals surface area contributed by atoms with Crippen molar-refractivity contribution in [2.75, 3.05) is 7.11 Å². The predicted octanol–water partition coefficient (Wildman–Crippen LogP) is 4.57. The zero-order valence-electron chi connectivity index (χ0n) is 8.91. The van der Waals surface area contributed by atoms with Gasteiger partial charge in [-0.05, 0) is 29.8 Å². The Morgan fingerprint density at radius 3 is 2.65 bits per heavy atom. The van der Waals surface area contributed by atoms with Gasteiger partial charge in [0.1, 0.15) is 22.2 Å². The van der Waals surface area contributed by atoms with E-state index >= 15 is 0 Å². The third-order valence-electron chi connectivity index (χ3n) is 2.32. The number of methoxy groups -OCH3 is 1. The van der Waals surface area contributed by atoms with Crippen LogP contribution in [0.1, 0.15) is 16.2 Å². The lowest BCUT2D eigenvalue weighted by Gasteiger charge is -2.09. The van der Waals surface area contributed by atoms with Crippen molar-refractivity contribution < 1.29 is 13.5 Å². The van der Waals surface area contributed by atoms with Crippen LogP contribution >= 0.6 is 27.5 Å². The van der Waals surface area contributed by atoms with E-state index in [1.165, 1.54) is 13.2 Å². The molecule has 0 saturated heterocycles. The van der Waals surface area contributed by atoms with E-state index in [-0.39, 0.29) is 15.9 Å². The molecule has 1 unspecified atom stereocenters. The van der Waals surface area contributed by atoms with Crippen molar-refractivity contribution in [1.29, 1.82) is 0 Å². The van der Waals surface area contributed by atoms with Gasteiger partial charge in [-0.3, -0.25) is 0 Å². The van der Waals surface area contributed by atoms with Crippen LogP contribution in [0.25, 0.3) is 0 Å². The second kappa shape index (κ2) is 5.10. The van der Waals surface area contributed by atoms with Gasteiger partial charge in [-0.1, -0.05) is 22.0 Å². The maximum Gasteiger partial charge on any atom is 0.193 e. The van der Waals surface area contributed by atoms with Crippen LogP contribution in [-0.2, 0) is 0 Å². The van der Waals surface area contributed by atoms with Crippen LogP contribution in [-0.4, -0.2) is 7.11 Å². The smallest absolute Gasteiger partial charge is 0.193 e. The largest absolute Gasteiger partial charge is 0.497 e. The van der Waals surface area contributed by atoms with Gasteiger partial charge in [0, 0.05) is 11.6 Å². The molecule has 0 spiro atoms. The van der Waals surface area contributed by atoms with Crippen molar-refractivity contribution in [2.24, 2.45) is 0 Å². The maximum absolute atomic E-state index is 13.8. The van der Waals surface area contributed by atoms with Crippen LogP contribution in [0.4, 0.5) is 4.39 Å². The zero-order valence-corrected chi connectivity index (χ0v) is 11.3. The fraction of sp³-hybridized carbons (Fsp3) is 0.167. The lowest BCUT2D eigenvalue weighted by molar-refractivity contribution is 0.410. The first-order valence-corrected chi connectivity index (χ1v) is 6.14. The molecule has 1 aromatic heterocycles. The summed E-state index contributed by atoms with van der Waals surface area (Å²) >= 11 is 9.05. The quantitative estimate of drug-likeness (QED) is 0.774. The van der Waals surface area contributed by atoms with Crippen LogP contribution in [0.5, 0.6) is 5.75 Å². The van der Waals surface area contributed by atoms with E-state index in [0.717, 1.165) is 0 Å². The van der Waals surface area contributed by atoms with Crippen molar-refractivity contribution in [1.82, 2.24) is 0 Å². The highest BCUT2D eigenvalue weighted by atomic mass is 79.9. The highest BCUT2D eigenvalue weighted by molar-refractivity contribution is 9.09. The van der Waals surface area contributed by atoms with Gasteiger partial charge in [0.05, 0.1) is 7.11 Å².